The fourth-order valence-corrected chi connectivity index (χ4v) is 1.78. The third-order valence-corrected chi connectivity index (χ3v) is 2.83. The zero-order valence-corrected chi connectivity index (χ0v) is 12.6. The highest BCUT2D eigenvalue weighted by atomic mass is 35.5. The predicted octanol–water partition coefficient (Wildman–Crippen LogP) is 2.28. The van der Waals surface area contributed by atoms with Crippen LogP contribution >= 0.6 is 11.6 Å². The Morgan fingerprint density at radius 1 is 1.52 bits per heavy atom. The molecule has 1 aromatic carbocycles. The number of nitrogens with zero attached hydrogens (tertiary/aromatic N) is 2. The first kappa shape index (κ1) is 16.7. The van der Waals surface area contributed by atoms with Crippen LogP contribution in [0.15, 0.2) is 39.4 Å². The molecule has 1 rings (SSSR count). The normalized spacial score (nSPS) is 11.8. The minimum atomic E-state index is 0.359. The number of methoxy groups -OCH3 is 1. The summed E-state index contributed by atoms with van der Waals surface area (Å²) in [5.74, 6) is 1.06. The van der Waals surface area contributed by atoms with Gasteiger partial charge in [0.05, 0.1) is 19.5 Å². The summed E-state index contributed by atoms with van der Waals surface area (Å²) in [5.41, 5.74) is 1.29. The lowest BCUT2D eigenvalue weighted by Gasteiger charge is -2.13. The molecule has 0 spiro atoms. The SMILES string of the molecule is C=N/C=C(/Cl)C(=NC)NCNc1ccc(C=O)cc1OC. The number of benzene rings is 1. The largest absolute Gasteiger partial charge is 0.495 e. The summed E-state index contributed by atoms with van der Waals surface area (Å²) in [6, 6.07) is 5.11. The number of aliphatic imine (C=N–C) groups is 2. The van der Waals surface area contributed by atoms with E-state index in [1.165, 1.54) is 13.3 Å². The lowest BCUT2D eigenvalue weighted by atomic mass is 10.2. The molecule has 0 radical (unpaired) electrons. The van der Waals surface area contributed by atoms with Crippen molar-refractivity contribution < 1.29 is 9.53 Å². The van der Waals surface area contributed by atoms with Crippen LogP contribution < -0.4 is 15.4 Å². The molecule has 0 saturated carbocycles. The fourth-order valence-electron chi connectivity index (χ4n) is 1.56. The first-order valence-corrected chi connectivity index (χ1v) is 6.43. The molecule has 0 bridgehead atoms. The smallest absolute Gasteiger partial charge is 0.150 e. The molecule has 0 fully saturated rings. The van der Waals surface area contributed by atoms with Crippen molar-refractivity contribution in [3.63, 3.8) is 0 Å². The second kappa shape index (κ2) is 8.76. The second-order valence-electron chi connectivity index (χ2n) is 3.84. The highest BCUT2D eigenvalue weighted by Crippen LogP contribution is 2.24. The molecule has 0 aromatic heterocycles. The summed E-state index contributed by atoms with van der Waals surface area (Å²) in [6.07, 6.45) is 2.16. The molecule has 112 valence electrons. The number of rotatable bonds is 7. The van der Waals surface area contributed by atoms with Crippen LogP contribution in [0.1, 0.15) is 10.4 Å². The molecule has 7 heteroatoms. The van der Waals surface area contributed by atoms with Gasteiger partial charge < -0.3 is 15.4 Å². The molecule has 0 aliphatic heterocycles. The van der Waals surface area contributed by atoms with Crippen LogP contribution in [0.5, 0.6) is 5.75 Å². The van der Waals surface area contributed by atoms with E-state index in [1.807, 2.05) is 0 Å². The lowest BCUT2D eigenvalue weighted by molar-refractivity contribution is 0.112. The van der Waals surface area contributed by atoms with Gasteiger partial charge in [0.25, 0.3) is 0 Å². The van der Waals surface area contributed by atoms with E-state index in [9.17, 15) is 4.79 Å². The Kier molecular flexibility index (Phi) is 6.97. The number of amidine groups is 1. The second-order valence-corrected chi connectivity index (χ2v) is 4.25. The van der Waals surface area contributed by atoms with Gasteiger partial charge in [0.1, 0.15) is 22.9 Å². The molecule has 21 heavy (non-hydrogen) atoms. The third kappa shape index (κ3) is 4.92. The Labute approximate surface area is 128 Å². The summed E-state index contributed by atoms with van der Waals surface area (Å²) < 4.78 is 5.22. The number of hydrogen-bond donors (Lipinski definition) is 2. The molecule has 6 nitrogen and oxygen atoms in total. The van der Waals surface area contributed by atoms with Gasteiger partial charge in [-0.1, -0.05) is 11.6 Å². The van der Waals surface area contributed by atoms with Gasteiger partial charge in [-0.15, -0.1) is 0 Å². The van der Waals surface area contributed by atoms with E-state index in [4.69, 9.17) is 16.3 Å². The zero-order chi connectivity index (χ0) is 15.7. The van der Waals surface area contributed by atoms with Crippen molar-refractivity contribution in [1.82, 2.24) is 5.32 Å². The van der Waals surface area contributed by atoms with E-state index < -0.39 is 0 Å². The van der Waals surface area contributed by atoms with Crippen molar-refractivity contribution in [2.24, 2.45) is 9.98 Å². The molecule has 0 saturated heterocycles. The Hall–Kier alpha value is -2.34. The Balaban J connectivity index is 2.69. The molecule has 0 amide bonds. The summed E-state index contributed by atoms with van der Waals surface area (Å²) >= 11 is 5.97. The van der Waals surface area contributed by atoms with E-state index >= 15 is 0 Å². The van der Waals surface area contributed by atoms with Gasteiger partial charge in [-0.05, 0) is 24.9 Å². The molecular formula is C14H17ClN4O2. The summed E-state index contributed by atoms with van der Waals surface area (Å²) in [7, 11) is 3.15. The summed E-state index contributed by atoms with van der Waals surface area (Å²) in [5, 5.41) is 6.48. The van der Waals surface area contributed by atoms with Crippen LogP contribution in [0.2, 0.25) is 0 Å². The summed E-state index contributed by atoms with van der Waals surface area (Å²) in [4.78, 5) is 18.3. The Morgan fingerprint density at radius 2 is 2.29 bits per heavy atom. The van der Waals surface area contributed by atoms with Crippen molar-refractivity contribution in [3.05, 3.63) is 35.0 Å². The van der Waals surface area contributed by atoms with E-state index in [1.54, 1.807) is 25.2 Å². The number of ether oxygens (including phenoxy) is 1. The highest BCUT2D eigenvalue weighted by molar-refractivity contribution is 6.43. The van der Waals surface area contributed by atoms with Gasteiger partial charge in [0, 0.05) is 18.8 Å². The number of hydrogen-bond acceptors (Lipinski definition) is 5. The molecule has 2 N–H and O–H groups in total. The predicted molar refractivity (Wildman–Crippen MR) is 86.9 cm³/mol. The number of nitrogens with one attached hydrogen (secondary N) is 2. The van der Waals surface area contributed by atoms with Crippen molar-refractivity contribution in [2.75, 3.05) is 26.1 Å². The van der Waals surface area contributed by atoms with Crippen LogP contribution in [0.25, 0.3) is 0 Å². The van der Waals surface area contributed by atoms with Crippen molar-refractivity contribution in [1.29, 1.82) is 0 Å². The molecule has 0 atom stereocenters. The summed E-state index contributed by atoms with van der Waals surface area (Å²) in [6.45, 7) is 3.70. The van der Waals surface area contributed by atoms with E-state index in [2.05, 4.69) is 27.3 Å². The number of carbonyl (C=O) groups is 1. The van der Waals surface area contributed by atoms with Crippen LogP contribution in [0.4, 0.5) is 5.69 Å². The van der Waals surface area contributed by atoms with Crippen LogP contribution in [-0.4, -0.2) is 39.7 Å². The van der Waals surface area contributed by atoms with E-state index in [0.717, 1.165) is 12.0 Å². The molecule has 0 aliphatic carbocycles. The first-order valence-electron chi connectivity index (χ1n) is 6.05. The molecule has 0 unspecified atom stereocenters. The number of aldehydes is 1. The Morgan fingerprint density at radius 3 is 2.86 bits per heavy atom. The average Bonchev–Trinajstić information content (AvgIpc) is 2.51. The maximum absolute atomic E-state index is 10.7. The number of carbonyl (C=O) groups excluding carboxylic acids is 1. The topological polar surface area (TPSA) is 75.1 Å². The van der Waals surface area contributed by atoms with Crippen LogP contribution in [0, 0.1) is 0 Å². The van der Waals surface area contributed by atoms with Crippen molar-refractivity contribution in [2.45, 2.75) is 0 Å². The molecule has 0 heterocycles. The lowest BCUT2D eigenvalue weighted by Crippen LogP contribution is -2.29. The average molecular weight is 309 g/mol. The number of halogens is 1. The number of anilines is 1. The van der Waals surface area contributed by atoms with Crippen molar-refractivity contribution in [3.8, 4) is 5.75 Å². The molecule has 1 aromatic rings. The third-order valence-electron chi connectivity index (χ3n) is 2.55. The minimum Gasteiger partial charge on any atom is -0.495 e. The van der Waals surface area contributed by atoms with Gasteiger partial charge in [-0.3, -0.25) is 14.8 Å². The fraction of sp³-hybridized carbons (Fsp3) is 0.214. The minimum absolute atomic E-state index is 0.359. The van der Waals surface area contributed by atoms with E-state index in [0.29, 0.717) is 28.8 Å². The standard InChI is InChI=1S/C14H17ClN4O2/c1-16-7-11(15)14(17-2)19-9-18-12-5-4-10(8-20)6-13(12)21-3/h4-8,18H,1,9H2,2-3H3,(H,17,19)/b11-7+. The van der Waals surface area contributed by atoms with Gasteiger partial charge >= 0.3 is 0 Å². The quantitative estimate of drug-likeness (QED) is 0.351. The first-order chi connectivity index (χ1) is 10.2. The van der Waals surface area contributed by atoms with Gasteiger partial charge in [-0.25, -0.2) is 0 Å². The Bertz CT molecular complexity index is 570. The van der Waals surface area contributed by atoms with Gasteiger partial charge in [0.15, 0.2) is 0 Å². The maximum atomic E-state index is 10.7. The van der Waals surface area contributed by atoms with Gasteiger partial charge in [0.2, 0.25) is 0 Å². The van der Waals surface area contributed by atoms with Gasteiger partial charge in [-0.2, -0.15) is 0 Å². The maximum Gasteiger partial charge on any atom is 0.150 e. The highest BCUT2D eigenvalue weighted by Gasteiger charge is 2.05. The molecule has 0 aliphatic rings. The zero-order valence-electron chi connectivity index (χ0n) is 11.9. The van der Waals surface area contributed by atoms with Crippen LogP contribution in [-0.2, 0) is 0 Å². The van der Waals surface area contributed by atoms with Crippen LogP contribution in [0.3, 0.4) is 0 Å². The molecular weight excluding hydrogens is 292 g/mol. The van der Waals surface area contributed by atoms with Crippen molar-refractivity contribution >= 4 is 36.1 Å². The van der Waals surface area contributed by atoms with E-state index in [-0.39, 0.29) is 0 Å². The monoisotopic (exact) mass is 308 g/mol.